The number of amides is 2. The molecule has 2 aliphatic rings. The van der Waals surface area contributed by atoms with Gasteiger partial charge < -0.3 is 9.80 Å². The van der Waals surface area contributed by atoms with Crippen LogP contribution in [-0.2, 0) is 9.59 Å². The molecule has 2 saturated heterocycles. The highest BCUT2D eigenvalue weighted by molar-refractivity contribution is 5.92. The fourth-order valence-corrected chi connectivity index (χ4v) is 3.24. The first-order chi connectivity index (χ1) is 10.6. The number of carbonyl (C=O) groups is 3. The van der Waals surface area contributed by atoms with Gasteiger partial charge in [-0.1, -0.05) is 13.2 Å². The molecule has 2 aliphatic heterocycles. The smallest absolute Gasteiger partial charge is 0.319 e. The molecule has 120 valence electrons. The van der Waals surface area contributed by atoms with Gasteiger partial charge in [-0.15, -0.1) is 0 Å². The second-order valence-corrected chi connectivity index (χ2v) is 6.02. The first kappa shape index (κ1) is 16.5. The lowest BCUT2D eigenvalue weighted by Gasteiger charge is -2.38. The summed E-state index contributed by atoms with van der Waals surface area (Å²) in [6.45, 7) is 9.52. The van der Waals surface area contributed by atoms with Gasteiger partial charge in [-0.25, -0.2) is 4.79 Å². The molecule has 0 aromatic rings. The summed E-state index contributed by atoms with van der Waals surface area (Å²) in [5.41, 5.74) is 0. The van der Waals surface area contributed by atoms with Crippen LogP contribution in [0.1, 0.15) is 25.7 Å². The third-order valence-corrected chi connectivity index (χ3v) is 4.74. The van der Waals surface area contributed by atoms with Gasteiger partial charge in [-0.2, -0.15) is 0 Å². The second kappa shape index (κ2) is 7.38. The summed E-state index contributed by atoms with van der Waals surface area (Å²) in [6, 6.07) is 0.0361. The van der Waals surface area contributed by atoms with Crippen molar-refractivity contribution in [3.05, 3.63) is 25.3 Å². The molecule has 0 radical (unpaired) electrons. The van der Waals surface area contributed by atoms with Crippen LogP contribution in [-0.4, -0.2) is 53.6 Å². The molecular weight excluding hydrogens is 280 g/mol. The van der Waals surface area contributed by atoms with Crippen molar-refractivity contribution in [1.29, 1.82) is 0 Å². The zero-order chi connectivity index (χ0) is 16.1. The Morgan fingerprint density at radius 1 is 0.727 bits per heavy atom. The van der Waals surface area contributed by atoms with E-state index in [2.05, 4.69) is 13.2 Å². The van der Waals surface area contributed by atoms with Crippen LogP contribution in [0.4, 0.5) is 4.79 Å². The van der Waals surface area contributed by atoms with Crippen molar-refractivity contribution in [2.45, 2.75) is 25.7 Å². The molecule has 0 unspecified atom stereocenters. The number of urea groups is 1. The molecule has 2 rings (SSSR count). The van der Waals surface area contributed by atoms with E-state index < -0.39 is 0 Å². The number of allylic oxidation sites excluding steroid dienone is 2. The van der Waals surface area contributed by atoms with E-state index in [1.54, 1.807) is 0 Å². The van der Waals surface area contributed by atoms with Gasteiger partial charge in [-0.05, 0) is 37.8 Å². The predicted molar refractivity (Wildman–Crippen MR) is 84.4 cm³/mol. The van der Waals surface area contributed by atoms with Gasteiger partial charge in [0.15, 0.2) is 11.6 Å². The molecule has 0 aromatic carbocycles. The molecule has 5 nitrogen and oxygen atoms in total. The van der Waals surface area contributed by atoms with Gasteiger partial charge in [0.05, 0.1) is 0 Å². The lowest BCUT2D eigenvalue weighted by Crippen LogP contribution is -2.50. The van der Waals surface area contributed by atoms with Crippen LogP contribution >= 0.6 is 0 Å². The fraction of sp³-hybridized carbons (Fsp3) is 0.588. The molecule has 2 fully saturated rings. The van der Waals surface area contributed by atoms with Crippen LogP contribution in [0.3, 0.4) is 0 Å². The SMILES string of the molecule is C=CC(=O)C1CCN(C(=O)N2CCC(C(=O)C=C)CC2)CC1. The molecular formula is C17H24N2O3. The summed E-state index contributed by atoms with van der Waals surface area (Å²) in [5, 5.41) is 0. The van der Waals surface area contributed by atoms with Crippen molar-refractivity contribution in [3.8, 4) is 0 Å². The van der Waals surface area contributed by atoms with E-state index in [1.807, 2.05) is 9.80 Å². The highest BCUT2D eigenvalue weighted by Gasteiger charge is 2.31. The number of nitrogens with zero attached hydrogens (tertiary/aromatic N) is 2. The molecule has 2 heterocycles. The normalized spacial score (nSPS) is 20.5. The number of ketones is 2. The average Bonchev–Trinajstić information content (AvgIpc) is 2.60. The maximum absolute atomic E-state index is 12.5. The standard InChI is InChI=1S/C17H24N2O3/c1-3-15(20)13-5-9-18(10-6-13)17(22)19-11-7-14(8-12-19)16(21)4-2/h3-4,13-14H,1-2,5-12H2. The summed E-state index contributed by atoms with van der Waals surface area (Å²) in [7, 11) is 0. The molecule has 0 aromatic heterocycles. The molecule has 0 atom stereocenters. The Morgan fingerprint density at radius 3 is 1.32 bits per heavy atom. The minimum atomic E-state index is 0.0116. The molecule has 0 saturated carbocycles. The summed E-state index contributed by atoms with van der Waals surface area (Å²) >= 11 is 0. The average molecular weight is 304 g/mol. The lowest BCUT2D eigenvalue weighted by atomic mass is 9.92. The van der Waals surface area contributed by atoms with E-state index in [-0.39, 0.29) is 29.4 Å². The Morgan fingerprint density at radius 2 is 1.05 bits per heavy atom. The van der Waals surface area contributed by atoms with E-state index in [0.717, 1.165) is 0 Å². The van der Waals surface area contributed by atoms with Gasteiger partial charge in [-0.3, -0.25) is 9.59 Å². The van der Waals surface area contributed by atoms with E-state index >= 15 is 0 Å². The number of hydrogen-bond donors (Lipinski definition) is 0. The summed E-state index contributed by atoms with van der Waals surface area (Å²) in [4.78, 5) is 39.3. The molecule has 2 amide bonds. The fourth-order valence-electron chi connectivity index (χ4n) is 3.24. The number of likely N-dealkylation sites (tertiary alicyclic amines) is 2. The van der Waals surface area contributed by atoms with Crippen molar-refractivity contribution in [2.24, 2.45) is 11.8 Å². The number of rotatable bonds is 4. The maximum Gasteiger partial charge on any atom is 0.319 e. The predicted octanol–water partition coefficient (Wildman–Crippen LogP) is 2.04. The number of hydrogen-bond acceptors (Lipinski definition) is 3. The topological polar surface area (TPSA) is 57.7 Å². The Bertz CT molecular complexity index is 428. The summed E-state index contributed by atoms with van der Waals surface area (Å²) in [5.74, 6) is 0.182. The highest BCUT2D eigenvalue weighted by atomic mass is 16.2. The van der Waals surface area contributed by atoms with Crippen molar-refractivity contribution in [2.75, 3.05) is 26.2 Å². The second-order valence-electron chi connectivity index (χ2n) is 6.02. The molecule has 0 spiro atoms. The first-order valence-electron chi connectivity index (χ1n) is 7.93. The van der Waals surface area contributed by atoms with Gasteiger partial charge >= 0.3 is 6.03 Å². The van der Waals surface area contributed by atoms with Crippen molar-refractivity contribution in [1.82, 2.24) is 9.80 Å². The molecule has 22 heavy (non-hydrogen) atoms. The Kier molecular flexibility index (Phi) is 5.52. The van der Waals surface area contributed by atoms with Crippen LogP contribution in [0.15, 0.2) is 25.3 Å². The zero-order valence-corrected chi connectivity index (χ0v) is 13.0. The molecule has 0 aliphatic carbocycles. The van der Waals surface area contributed by atoms with Gasteiger partial charge in [0.1, 0.15) is 0 Å². The Balaban J connectivity index is 1.81. The monoisotopic (exact) mass is 304 g/mol. The summed E-state index contributed by atoms with van der Waals surface area (Å²) in [6.07, 6.45) is 5.60. The first-order valence-corrected chi connectivity index (χ1v) is 7.93. The van der Waals surface area contributed by atoms with E-state index in [0.29, 0.717) is 51.9 Å². The third-order valence-electron chi connectivity index (χ3n) is 4.74. The van der Waals surface area contributed by atoms with E-state index in [9.17, 15) is 14.4 Å². The van der Waals surface area contributed by atoms with Crippen LogP contribution in [0, 0.1) is 11.8 Å². The molecule has 0 N–H and O–H groups in total. The molecule has 5 heteroatoms. The quantitative estimate of drug-likeness (QED) is 0.747. The van der Waals surface area contributed by atoms with E-state index in [1.165, 1.54) is 12.2 Å². The zero-order valence-electron chi connectivity index (χ0n) is 13.0. The third kappa shape index (κ3) is 3.64. The van der Waals surface area contributed by atoms with E-state index in [4.69, 9.17) is 0 Å². The number of carbonyl (C=O) groups excluding carboxylic acids is 3. The minimum Gasteiger partial charge on any atom is -0.325 e. The van der Waals surface area contributed by atoms with Crippen LogP contribution < -0.4 is 0 Å². The minimum absolute atomic E-state index is 0.0116. The maximum atomic E-state index is 12.5. The van der Waals surface area contributed by atoms with Crippen molar-refractivity contribution in [3.63, 3.8) is 0 Å². The highest BCUT2D eigenvalue weighted by Crippen LogP contribution is 2.23. The van der Waals surface area contributed by atoms with Crippen molar-refractivity contribution < 1.29 is 14.4 Å². The lowest BCUT2D eigenvalue weighted by molar-refractivity contribution is -0.119. The Hall–Kier alpha value is -1.91. The Labute approximate surface area is 131 Å². The summed E-state index contributed by atoms with van der Waals surface area (Å²) < 4.78 is 0. The van der Waals surface area contributed by atoms with Gasteiger partial charge in [0.2, 0.25) is 0 Å². The van der Waals surface area contributed by atoms with Crippen LogP contribution in [0.5, 0.6) is 0 Å². The molecule has 0 bridgehead atoms. The van der Waals surface area contributed by atoms with Crippen molar-refractivity contribution >= 4 is 17.6 Å². The van der Waals surface area contributed by atoms with Crippen LogP contribution in [0.25, 0.3) is 0 Å². The largest absolute Gasteiger partial charge is 0.325 e. The van der Waals surface area contributed by atoms with Crippen LogP contribution in [0.2, 0.25) is 0 Å². The van der Waals surface area contributed by atoms with Gasteiger partial charge in [0, 0.05) is 38.0 Å². The number of piperidine rings is 2. The van der Waals surface area contributed by atoms with Gasteiger partial charge in [0.25, 0.3) is 0 Å².